The normalized spacial score (nSPS) is 10.6. The van der Waals surface area contributed by atoms with Crippen LogP contribution in [-0.2, 0) is 17.6 Å². The van der Waals surface area contributed by atoms with E-state index < -0.39 is 0 Å². The fourth-order valence-electron chi connectivity index (χ4n) is 2.79. The molecule has 3 nitrogen and oxygen atoms in total. The van der Waals surface area contributed by atoms with Crippen LogP contribution in [0.2, 0.25) is 5.02 Å². The number of amides is 1. The lowest BCUT2D eigenvalue weighted by molar-refractivity contribution is -0.116. The average Bonchev–Trinajstić information content (AvgIpc) is 2.58. The van der Waals surface area contributed by atoms with Crippen LogP contribution in [0.4, 0.5) is 5.69 Å². The minimum Gasteiger partial charge on any atom is -0.493 e. The summed E-state index contributed by atoms with van der Waals surface area (Å²) >= 11 is 6.28. The molecule has 2 aromatic carbocycles. The van der Waals surface area contributed by atoms with Crippen LogP contribution in [0.5, 0.6) is 5.75 Å². The lowest BCUT2D eigenvalue weighted by Crippen LogP contribution is -2.17. The van der Waals surface area contributed by atoms with Crippen LogP contribution in [0.15, 0.2) is 30.3 Å². The maximum Gasteiger partial charge on any atom is 0.227 e. The van der Waals surface area contributed by atoms with E-state index in [1.54, 1.807) is 0 Å². The Hall–Kier alpha value is -2.00. The van der Waals surface area contributed by atoms with Gasteiger partial charge in [0, 0.05) is 10.7 Å². The Bertz CT molecular complexity index is 756. The van der Waals surface area contributed by atoms with E-state index in [2.05, 4.69) is 12.2 Å². The number of hydrogen-bond donors (Lipinski definition) is 1. The summed E-state index contributed by atoms with van der Waals surface area (Å²) in [5.74, 6) is 0.774. The van der Waals surface area contributed by atoms with Crippen molar-refractivity contribution in [3.05, 3.63) is 57.6 Å². The Labute approximate surface area is 155 Å². The van der Waals surface area contributed by atoms with Gasteiger partial charge in [-0.2, -0.15) is 0 Å². The van der Waals surface area contributed by atoms with E-state index in [1.807, 2.05) is 51.1 Å². The molecule has 0 aliphatic rings. The maximum atomic E-state index is 12.4. The van der Waals surface area contributed by atoms with Crippen molar-refractivity contribution >= 4 is 23.2 Å². The first kappa shape index (κ1) is 19.3. The van der Waals surface area contributed by atoms with Gasteiger partial charge in [0.15, 0.2) is 0 Å². The second-order valence-electron chi connectivity index (χ2n) is 6.18. The largest absolute Gasteiger partial charge is 0.493 e. The van der Waals surface area contributed by atoms with Gasteiger partial charge >= 0.3 is 0 Å². The lowest BCUT2D eigenvalue weighted by atomic mass is 10.0. The Balaban J connectivity index is 2.01. The molecule has 4 heteroatoms. The smallest absolute Gasteiger partial charge is 0.227 e. The van der Waals surface area contributed by atoms with Gasteiger partial charge in [-0.05, 0) is 61.1 Å². The summed E-state index contributed by atoms with van der Waals surface area (Å²) in [4.78, 5) is 12.4. The molecule has 0 atom stereocenters. The van der Waals surface area contributed by atoms with Gasteiger partial charge in [0.2, 0.25) is 5.91 Å². The van der Waals surface area contributed by atoms with Crippen molar-refractivity contribution in [3.8, 4) is 5.75 Å². The molecule has 134 valence electrons. The maximum absolute atomic E-state index is 12.4. The molecule has 1 N–H and O–H groups in total. The predicted octanol–water partition coefficient (Wildman–Crippen LogP) is 5.49. The number of ether oxygens (including phenoxy) is 1. The molecule has 0 aromatic heterocycles. The molecular formula is C21H26ClNO2. The Morgan fingerprint density at radius 3 is 2.56 bits per heavy atom. The number of carbonyl (C=O) groups excluding carboxylic acids is 1. The van der Waals surface area contributed by atoms with Gasteiger partial charge in [0.1, 0.15) is 5.75 Å². The highest BCUT2D eigenvalue weighted by Gasteiger charge is 2.13. The van der Waals surface area contributed by atoms with Crippen LogP contribution >= 0.6 is 11.6 Å². The topological polar surface area (TPSA) is 38.3 Å². The van der Waals surface area contributed by atoms with Gasteiger partial charge in [0.25, 0.3) is 0 Å². The van der Waals surface area contributed by atoms with Gasteiger partial charge in [-0.25, -0.2) is 0 Å². The van der Waals surface area contributed by atoms with E-state index in [0.717, 1.165) is 46.5 Å². The molecule has 2 rings (SSSR count). The van der Waals surface area contributed by atoms with Crippen LogP contribution in [0.3, 0.4) is 0 Å². The number of hydrogen-bond acceptors (Lipinski definition) is 2. The van der Waals surface area contributed by atoms with Gasteiger partial charge < -0.3 is 10.1 Å². The molecule has 0 heterocycles. The monoisotopic (exact) mass is 359 g/mol. The highest BCUT2D eigenvalue weighted by atomic mass is 35.5. The molecular weight excluding hydrogens is 334 g/mol. The number of carbonyl (C=O) groups is 1. The first-order chi connectivity index (χ1) is 12.0. The van der Waals surface area contributed by atoms with Crippen molar-refractivity contribution in [2.75, 3.05) is 11.9 Å². The van der Waals surface area contributed by atoms with Crippen molar-refractivity contribution in [2.24, 2.45) is 0 Å². The zero-order chi connectivity index (χ0) is 18.4. The quantitative estimate of drug-likeness (QED) is 0.709. The molecule has 2 aromatic rings. The molecule has 1 amide bonds. The van der Waals surface area contributed by atoms with Crippen LogP contribution in [0.25, 0.3) is 0 Å². The lowest BCUT2D eigenvalue weighted by Gasteiger charge is -2.16. The van der Waals surface area contributed by atoms with E-state index in [0.29, 0.717) is 18.1 Å². The number of benzene rings is 2. The molecule has 0 unspecified atom stereocenters. The second-order valence-corrected chi connectivity index (χ2v) is 6.59. The van der Waals surface area contributed by atoms with Crippen molar-refractivity contribution < 1.29 is 9.53 Å². The zero-order valence-electron chi connectivity index (χ0n) is 15.4. The van der Waals surface area contributed by atoms with E-state index in [-0.39, 0.29) is 5.91 Å². The average molecular weight is 360 g/mol. The summed E-state index contributed by atoms with van der Waals surface area (Å²) in [7, 11) is 0. The predicted molar refractivity (Wildman–Crippen MR) is 105 cm³/mol. The van der Waals surface area contributed by atoms with Crippen molar-refractivity contribution in [2.45, 2.75) is 47.0 Å². The molecule has 0 bridgehead atoms. The van der Waals surface area contributed by atoms with E-state index in [4.69, 9.17) is 16.3 Å². The molecule has 0 fully saturated rings. The van der Waals surface area contributed by atoms with Crippen molar-refractivity contribution in [1.29, 1.82) is 0 Å². The Morgan fingerprint density at radius 1 is 1.12 bits per heavy atom. The third-order valence-corrected chi connectivity index (χ3v) is 4.63. The minimum absolute atomic E-state index is 0.0584. The number of rotatable bonds is 7. The summed E-state index contributed by atoms with van der Waals surface area (Å²) in [5.41, 5.74) is 5.16. The fourth-order valence-corrected chi connectivity index (χ4v) is 3.08. The molecule has 0 radical (unpaired) electrons. The van der Waals surface area contributed by atoms with E-state index in [1.165, 1.54) is 0 Å². The summed E-state index contributed by atoms with van der Waals surface area (Å²) < 4.78 is 5.78. The highest BCUT2D eigenvalue weighted by molar-refractivity contribution is 6.32. The molecule has 0 aliphatic carbocycles. The van der Waals surface area contributed by atoms with Gasteiger partial charge in [-0.1, -0.05) is 43.6 Å². The Morgan fingerprint density at radius 2 is 1.88 bits per heavy atom. The van der Waals surface area contributed by atoms with Crippen molar-refractivity contribution in [3.63, 3.8) is 0 Å². The fraction of sp³-hybridized carbons (Fsp3) is 0.381. The molecule has 0 aliphatic heterocycles. The zero-order valence-corrected chi connectivity index (χ0v) is 16.2. The number of halogens is 1. The Kier molecular flexibility index (Phi) is 6.89. The summed E-state index contributed by atoms with van der Waals surface area (Å²) in [5, 5.41) is 3.73. The molecule has 0 saturated heterocycles. The van der Waals surface area contributed by atoms with E-state index in [9.17, 15) is 4.79 Å². The van der Waals surface area contributed by atoms with Crippen LogP contribution in [0.1, 0.15) is 42.5 Å². The van der Waals surface area contributed by atoms with Crippen LogP contribution in [-0.4, -0.2) is 12.5 Å². The second kappa shape index (κ2) is 8.91. The SMILES string of the molecule is CCc1ccc(Cl)c(CC)c1NC(=O)CCOc1cc(C)ccc1C. The first-order valence-electron chi connectivity index (χ1n) is 8.76. The number of nitrogens with one attached hydrogen (secondary N) is 1. The third-order valence-electron chi connectivity index (χ3n) is 4.27. The van der Waals surface area contributed by atoms with Crippen LogP contribution < -0.4 is 10.1 Å². The molecule has 0 spiro atoms. The first-order valence-corrected chi connectivity index (χ1v) is 9.14. The minimum atomic E-state index is -0.0584. The van der Waals surface area contributed by atoms with Gasteiger partial charge in [-0.15, -0.1) is 0 Å². The molecule has 0 saturated carbocycles. The van der Waals surface area contributed by atoms with Crippen LogP contribution in [0, 0.1) is 13.8 Å². The van der Waals surface area contributed by atoms with Gasteiger partial charge in [-0.3, -0.25) is 4.79 Å². The highest BCUT2D eigenvalue weighted by Crippen LogP contribution is 2.29. The van der Waals surface area contributed by atoms with E-state index >= 15 is 0 Å². The third kappa shape index (κ3) is 4.99. The summed E-state index contributed by atoms with van der Waals surface area (Å²) in [6.45, 7) is 8.49. The number of anilines is 1. The van der Waals surface area contributed by atoms with Gasteiger partial charge in [0.05, 0.1) is 13.0 Å². The standard InChI is InChI=1S/C21H26ClNO2/c1-5-16-9-10-18(22)17(6-2)21(16)23-20(24)11-12-25-19-13-14(3)7-8-15(19)4/h7-10,13H,5-6,11-12H2,1-4H3,(H,23,24). The summed E-state index contributed by atoms with van der Waals surface area (Å²) in [6.07, 6.45) is 1.92. The van der Waals surface area contributed by atoms with Crippen molar-refractivity contribution in [1.82, 2.24) is 0 Å². The number of aryl methyl sites for hydroxylation is 3. The summed E-state index contributed by atoms with van der Waals surface area (Å²) in [6, 6.07) is 9.95. The molecule has 25 heavy (non-hydrogen) atoms.